The fraction of sp³-hybridized carbons (Fsp3) is 0.182. The van der Waals surface area contributed by atoms with Crippen molar-refractivity contribution < 1.29 is 4.39 Å². The molecule has 0 aliphatic rings. The topological polar surface area (TPSA) is 43.8 Å². The molecule has 3 nitrogen and oxygen atoms in total. The van der Waals surface area contributed by atoms with E-state index in [1.807, 2.05) is 0 Å². The van der Waals surface area contributed by atoms with E-state index in [0.29, 0.717) is 10.6 Å². The molecule has 0 aliphatic heterocycles. The number of benzene rings is 1. The van der Waals surface area contributed by atoms with Crippen molar-refractivity contribution in [1.29, 1.82) is 0 Å². The van der Waals surface area contributed by atoms with Crippen molar-refractivity contribution in [3.8, 4) is 0 Å². The summed E-state index contributed by atoms with van der Waals surface area (Å²) >= 11 is 5.67. The van der Waals surface area contributed by atoms with E-state index in [1.165, 1.54) is 6.07 Å². The van der Waals surface area contributed by atoms with Gasteiger partial charge in [0.05, 0.1) is 12.2 Å². The summed E-state index contributed by atoms with van der Waals surface area (Å²) in [4.78, 5) is 0. The van der Waals surface area contributed by atoms with Gasteiger partial charge in [0.15, 0.2) is 0 Å². The Morgan fingerprint density at radius 3 is 2.81 bits per heavy atom. The Morgan fingerprint density at radius 2 is 2.25 bits per heavy atom. The first-order valence-electron chi connectivity index (χ1n) is 4.77. The van der Waals surface area contributed by atoms with Gasteiger partial charge >= 0.3 is 0 Å². The molecule has 2 rings (SSSR count). The molecule has 0 saturated heterocycles. The first-order valence-corrected chi connectivity index (χ1v) is 5.15. The van der Waals surface area contributed by atoms with Crippen LogP contribution in [0.4, 0.5) is 4.39 Å². The van der Waals surface area contributed by atoms with Gasteiger partial charge in [0.1, 0.15) is 5.82 Å². The third-order valence-corrected chi connectivity index (χ3v) is 2.62. The maximum absolute atomic E-state index is 13.6. The number of aryl methyl sites for hydroxylation is 1. The van der Waals surface area contributed by atoms with Crippen molar-refractivity contribution >= 4 is 11.6 Å². The number of rotatable bonds is 2. The molecular weight excluding hydrogens is 229 g/mol. The fourth-order valence-corrected chi connectivity index (χ4v) is 1.69. The lowest BCUT2D eigenvalue weighted by Crippen LogP contribution is -2.12. The minimum absolute atomic E-state index is 0.361. The molecule has 2 aromatic rings. The van der Waals surface area contributed by atoms with Gasteiger partial charge in [-0.05, 0) is 12.1 Å². The highest BCUT2D eigenvalue weighted by atomic mass is 35.5. The largest absolute Gasteiger partial charge is 0.320 e. The molecule has 1 atom stereocenters. The number of halogens is 2. The van der Waals surface area contributed by atoms with Crippen LogP contribution in [0.5, 0.6) is 0 Å². The second kappa shape index (κ2) is 4.23. The predicted octanol–water partition coefficient (Wildman–Crippen LogP) is 2.26. The zero-order valence-electron chi connectivity index (χ0n) is 8.69. The summed E-state index contributed by atoms with van der Waals surface area (Å²) in [6.45, 7) is 0. The van der Waals surface area contributed by atoms with Gasteiger partial charge in [-0.1, -0.05) is 17.7 Å². The van der Waals surface area contributed by atoms with Crippen LogP contribution in [0.15, 0.2) is 30.6 Å². The lowest BCUT2D eigenvalue weighted by molar-refractivity contribution is 0.599. The number of aromatic nitrogens is 2. The van der Waals surface area contributed by atoms with E-state index in [0.717, 1.165) is 5.56 Å². The van der Waals surface area contributed by atoms with Gasteiger partial charge in [0.2, 0.25) is 0 Å². The predicted molar refractivity (Wildman–Crippen MR) is 60.6 cm³/mol. The van der Waals surface area contributed by atoms with Crippen molar-refractivity contribution in [2.75, 3.05) is 0 Å². The van der Waals surface area contributed by atoms with Crippen LogP contribution in [0, 0.1) is 5.82 Å². The van der Waals surface area contributed by atoms with Gasteiger partial charge in [0.25, 0.3) is 0 Å². The monoisotopic (exact) mass is 239 g/mol. The average Bonchev–Trinajstić information content (AvgIpc) is 2.64. The first-order chi connectivity index (χ1) is 7.58. The van der Waals surface area contributed by atoms with E-state index in [4.69, 9.17) is 17.3 Å². The smallest absolute Gasteiger partial charge is 0.129 e. The van der Waals surface area contributed by atoms with Crippen molar-refractivity contribution in [3.63, 3.8) is 0 Å². The van der Waals surface area contributed by atoms with Crippen LogP contribution >= 0.6 is 11.6 Å². The Balaban J connectivity index is 2.37. The molecule has 2 N–H and O–H groups in total. The van der Waals surface area contributed by atoms with Crippen LogP contribution in [0.1, 0.15) is 17.2 Å². The van der Waals surface area contributed by atoms with Crippen LogP contribution in [0.3, 0.4) is 0 Å². The molecule has 0 saturated carbocycles. The lowest BCUT2D eigenvalue weighted by Gasteiger charge is -2.10. The number of nitrogens with zero attached hydrogens (tertiary/aromatic N) is 2. The van der Waals surface area contributed by atoms with Crippen molar-refractivity contribution in [1.82, 2.24) is 9.78 Å². The Labute approximate surface area is 97.6 Å². The van der Waals surface area contributed by atoms with Crippen LogP contribution < -0.4 is 5.73 Å². The second-order valence-electron chi connectivity index (χ2n) is 3.59. The van der Waals surface area contributed by atoms with Crippen molar-refractivity contribution in [2.45, 2.75) is 6.04 Å². The number of hydrogen-bond acceptors (Lipinski definition) is 2. The summed E-state index contributed by atoms with van der Waals surface area (Å²) in [7, 11) is 1.79. The Morgan fingerprint density at radius 1 is 1.50 bits per heavy atom. The van der Waals surface area contributed by atoms with Gasteiger partial charge in [-0.3, -0.25) is 4.68 Å². The molecule has 84 valence electrons. The minimum atomic E-state index is -0.522. The standard InChI is InChI=1S/C11H11ClFN3/c1-16-6-7(5-15-16)11(14)9-3-2-8(12)4-10(9)13/h2-6,11H,14H2,1H3. The zero-order valence-corrected chi connectivity index (χ0v) is 9.45. The quantitative estimate of drug-likeness (QED) is 0.874. The summed E-state index contributed by atoms with van der Waals surface area (Å²) in [5.74, 6) is -0.399. The maximum atomic E-state index is 13.6. The van der Waals surface area contributed by atoms with E-state index in [-0.39, 0.29) is 0 Å². The number of hydrogen-bond donors (Lipinski definition) is 1. The van der Waals surface area contributed by atoms with Crippen LogP contribution in [-0.4, -0.2) is 9.78 Å². The highest BCUT2D eigenvalue weighted by molar-refractivity contribution is 6.30. The summed E-state index contributed by atoms with van der Waals surface area (Å²) in [5.41, 5.74) is 7.13. The van der Waals surface area contributed by atoms with Gasteiger partial charge in [-0.2, -0.15) is 5.10 Å². The molecule has 0 amide bonds. The van der Waals surface area contributed by atoms with Crippen molar-refractivity contribution in [3.05, 3.63) is 52.6 Å². The third-order valence-electron chi connectivity index (χ3n) is 2.38. The summed E-state index contributed by atoms with van der Waals surface area (Å²) in [5, 5.41) is 4.36. The average molecular weight is 240 g/mol. The molecular formula is C11H11ClFN3. The summed E-state index contributed by atoms with van der Waals surface area (Å²) in [6, 6.07) is 3.95. The summed E-state index contributed by atoms with van der Waals surface area (Å²) in [6.07, 6.45) is 3.39. The highest BCUT2D eigenvalue weighted by Crippen LogP contribution is 2.23. The van der Waals surface area contributed by atoms with Crippen molar-refractivity contribution in [2.24, 2.45) is 12.8 Å². The van der Waals surface area contributed by atoms with Gasteiger partial charge in [0, 0.05) is 29.4 Å². The van der Waals surface area contributed by atoms with Crippen LogP contribution in [0.25, 0.3) is 0 Å². The molecule has 16 heavy (non-hydrogen) atoms. The van der Waals surface area contributed by atoms with Gasteiger partial charge in [-0.25, -0.2) is 4.39 Å². The summed E-state index contributed by atoms with van der Waals surface area (Å²) < 4.78 is 15.2. The normalized spacial score (nSPS) is 12.8. The van der Waals surface area contributed by atoms with E-state index < -0.39 is 11.9 Å². The maximum Gasteiger partial charge on any atom is 0.129 e. The van der Waals surface area contributed by atoms with Gasteiger partial charge in [-0.15, -0.1) is 0 Å². The SMILES string of the molecule is Cn1cc(C(N)c2ccc(Cl)cc2F)cn1. The molecule has 0 fully saturated rings. The zero-order chi connectivity index (χ0) is 11.7. The Bertz CT molecular complexity index is 510. The minimum Gasteiger partial charge on any atom is -0.320 e. The van der Waals surface area contributed by atoms with E-state index in [1.54, 1.807) is 36.3 Å². The fourth-order valence-electron chi connectivity index (χ4n) is 1.53. The van der Waals surface area contributed by atoms with E-state index >= 15 is 0 Å². The van der Waals surface area contributed by atoms with Crippen LogP contribution in [0.2, 0.25) is 5.02 Å². The molecule has 1 aromatic heterocycles. The molecule has 0 aliphatic carbocycles. The molecule has 0 spiro atoms. The van der Waals surface area contributed by atoms with E-state index in [9.17, 15) is 4.39 Å². The van der Waals surface area contributed by atoms with Crippen LogP contribution in [-0.2, 0) is 7.05 Å². The first kappa shape index (κ1) is 11.1. The molecule has 1 heterocycles. The molecule has 0 radical (unpaired) electrons. The molecule has 5 heteroatoms. The second-order valence-corrected chi connectivity index (χ2v) is 4.03. The lowest BCUT2D eigenvalue weighted by atomic mass is 10.0. The molecule has 0 bridgehead atoms. The molecule has 1 aromatic carbocycles. The third kappa shape index (κ3) is 2.08. The Kier molecular flexibility index (Phi) is 2.94. The Hall–Kier alpha value is -1.39. The highest BCUT2D eigenvalue weighted by Gasteiger charge is 2.15. The van der Waals surface area contributed by atoms with E-state index in [2.05, 4.69) is 5.10 Å². The molecule has 1 unspecified atom stereocenters. The van der Waals surface area contributed by atoms with Gasteiger partial charge < -0.3 is 5.73 Å². The number of nitrogens with two attached hydrogens (primary N) is 1.